The van der Waals surface area contributed by atoms with E-state index in [-0.39, 0.29) is 5.97 Å². The first-order valence-electron chi connectivity index (χ1n) is 4.09. The number of ether oxygens (including phenoxy) is 1. The van der Waals surface area contributed by atoms with Gasteiger partial charge in [0.05, 0.1) is 12.1 Å². The summed E-state index contributed by atoms with van der Waals surface area (Å²) >= 11 is 5.66. The average Bonchev–Trinajstić information content (AvgIpc) is 2.20. The summed E-state index contributed by atoms with van der Waals surface area (Å²) in [7, 11) is 1.34. The molecule has 1 N–H and O–H groups in total. The van der Waals surface area contributed by atoms with Crippen LogP contribution in [0.25, 0.3) is 0 Å². The number of esters is 1. The van der Waals surface area contributed by atoms with Gasteiger partial charge in [-0.1, -0.05) is 11.6 Å². The molecule has 1 aromatic rings. The number of anilines is 1. The molecule has 1 atom stereocenters. The van der Waals surface area contributed by atoms with Crippen molar-refractivity contribution < 1.29 is 9.53 Å². The lowest BCUT2D eigenvalue weighted by Crippen LogP contribution is -2.27. The molecular formula is C9H11ClN2O2. The lowest BCUT2D eigenvalue weighted by Gasteiger charge is -2.11. The van der Waals surface area contributed by atoms with Crippen LogP contribution in [0.2, 0.25) is 5.02 Å². The third-order valence-electron chi connectivity index (χ3n) is 1.65. The van der Waals surface area contributed by atoms with Gasteiger partial charge < -0.3 is 10.1 Å². The largest absolute Gasteiger partial charge is 0.467 e. The predicted molar refractivity (Wildman–Crippen MR) is 54.3 cm³/mol. The molecule has 0 unspecified atom stereocenters. The van der Waals surface area contributed by atoms with E-state index in [1.165, 1.54) is 13.3 Å². The molecule has 1 heterocycles. The van der Waals surface area contributed by atoms with E-state index in [2.05, 4.69) is 15.0 Å². The molecule has 0 fully saturated rings. The number of halogens is 1. The van der Waals surface area contributed by atoms with Crippen molar-refractivity contribution in [3.05, 3.63) is 23.4 Å². The molecule has 0 saturated carbocycles. The molecule has 0 saturated heterocycles. The Kier molecular flexibility index (Phi) is 3.71. The number of hydrogen-bond acceptors (Lipinski definition) is 4. The first-order valence-corrected chi connectivity index (χ1v) is 4.47. The van der Waals surface area contributed by atoms with Gasteiger partial charge in [0.15, 0.2) is 0 Å². The van der Waals surface area contributed by atoms with Crippen LogP contribution in [0.4, 0.5) is 5.82 Å². The second-order valence-corrected chi connectivity index (χ2v) is 3.19. The van der Waals surface area contributed by atoms with Crippen molar-refractivity contribution in [1.82, 2.24) is 4.98 Å². The Morgan fingerprint density at radius 1 is 1.64 bits per heavy atom. The van der Waals surface area contributed by atoms with Crippen LogP contribution in [0.15, 0.2) is 18.3 Å². The van der Waals surface area contributed by atoms with Crippen molar-refractivity contribution in [1.29, 1.82) is 0 Å². The van der Waals surface area contributed by atoms with E-state index in [0.717, 1.165) is 0 Å². The maximum atomic E-state index is 11.0. The zero-order chi connectivity index (χ0) is 10.6. The van der Waals surface area contributed by atoms with Gasteiger partial charge in [0.25, 0.3) is 0 Å². The van der Waals surface area contributed by atoms with E-state index >= 15 is 0 Å². The predicted octanol–water partition coefficient (Wildman–Crippen LogP) is 1.71. The summed E-state index contributed by atoms with van der Waals surface area (Å²) < 4.78 is 4.55. The molecule has 0 aliphatic carbocycles. The minimum absolute atomic E-state index is 0.332. The van der Waals surface area contributed by atoms with Crippen LogP contribution in [0.5, 0.6) is 0 Å². The lowest BCUT2D eigenvalue weighted by molar-refractivity contribution is -0.141. The summed E-state index contributed by atoms with van der Waals surface area (Å²) in [6, 6.07) is 2.97. The summed E-state index contributed by atoms with van der Waals surface area (Å²) in [5.41, 5.74) is 0. The van der Waals surface area contributed by atoms with E-state index in [4.69, 9.17) is 11.6 Å². The molecule has 0 aliphatic heterocycles. The summed E-state index contributed by atoms with van der Waals surface area (Å²) in [5.74, 6) is 0.258. The number of carbonyl (C=O) groups excluding carboxylic acids is 1. The Balaban J connectivity index is 2.60. The van der Waals surface area contributed by atoms with Crippen LogP contribution in [0.1, 0.15) is 6.92 Å². The van der Waals surface area contributed by atoms with Crippen LogP contribution >= 0.6 is 11.6 Å². The first-order chi connectivity index (χ1) is 6.63. The van der Waals surface area contributed by atoms with Gasteiger partial charge in [-0.05, 0) is 19.1 Å². The quantitative estimate of drug-likeness (QED) is 0.779. The SMILES string of the molecule is COC(=O)[C@H](C)Nc1ccc(Cl)cn1. The normalized spacial score (nSPS) is 11.9. The molecule has 1 aromatic heterocycles. The van der Waals surface area contributed by atoms with Crippen LogP contribution < -0.4 is 5.32 Å². The molecular weight excluding hydrogens is 204 g/mol. The van der Waals surface area contributed by atoms with Gasteiger partial charge >= 0.3 is 5.97 Å². The van der Waals surface area contributed by atoms with Crippen molar-refractivity contribution in [2.45, 2.75) is 13.0 Å². The molecule has 0 spiro atoms. The zero-order valence-corrected chi connectivity index (χ0v) is 8.71. The Morgan fingerprint density at radius 3 is 2.86 bits per heavy atom. The zero-order valence-electron chi connectivity index (χ0n) is 7.95. The summed E-state index contributed by atoms with van der Waals surface area (Å²) in [5, 5.41) is 3.43. The number of pyridine rings is 1. The average molecular weight is 215 g/mol. The minimum Gasteiger partial charge on any atom is -0.467 e. The lowest BCUT2D eigenvalue weighted by atomic mass is 10.3. The highest BCUT2D eigenvalue weighted by molar-refractivity contribution is 6.30. The molecule has 0 aromatic carbocycles. The standard InChI is InChI=1S/C9H11ClN2O2/c1-6(9(13)14-2)12-8-4-3-7(10)5-11-8/h3-6H,1-2H3,(H,11,12)/t6-/m0/s1. The molecule has 0 radical (unpaired) electrons. The Bertz CT molecular complexity index is 313. The summed E-state index contributed by atoms with van der Waals surface area (Å²) in [6.45, 7) is 1.70. The molecule has 14 heavy (non-hydrogen) atoms. The number of aromatic nitrogens is 1. The van der Waals surface area contributed by atoms with Crippen molar-refractivity contribution in [3.63, 3.8) is 0 Å². The molecule has 1 rings (SSSR count). The molecule has 0 bridgehead atoms. The van der Waals surface area contributed by atoms with Crippen LogP contribution in [-0.2, 0) is 9.53 Å². The van der Waals surface area contributed by atoms with Gasteiger partial charge in [0.1, 0.15) is 11.9 Å². The van der Waals surface area contributed by atoms with Crippen LogP contribution in [0, 0.1) is 0 Å². The van der Waals surface area contributed by atoms with Gasteiger partial charge in [-0.15, -0.1) is 0 Å². The van der Waals surface area contributed by atoms with E-state index in [9.17, 15) is 4.79 Å². The second-order valence-electron chi connectivity index (χ2n) is 2.75. The van der Waals surface area contributed by atoms with Gasteiger partial charge in [0, 0.05) is 6.20 Å². The van der Waals surface area contributed by atoms with Gasteiger partial charge in [-0.2, -0.15) is 0 Å². The number of nitrogens with one attached hydrogen (secondary N) is 1. The van der Waals surface area contributed by atoms with Crippen molar-refractivity contribution in [2.24, 2.45) is 0 Å². The monoisotopic (exact) mass is 214 g/mol. The first kappa shape index (κ1) is 10.8. The molecule has 0 amide bonds. The molecule has 76 valence electrons. The fraction of sp³-hybridized carbons (Fsp3) is 0.333. The minimum atomic E-state index is -0.423. The van der Waals surface area contributed by atoms with E-state index in [1.54, 1.807) is 19.1 Å². The third-order valence-corrected chi connectivity index (χ3v) is 1.87. The van der Waals surface area contributed by atoms with E-state index < -0.39 is 6.04 Å². The molecule has 0 aliphatic rings. The van der Waals surface area contributed by atoms with E-state index in [1.807, 2.05) is 0 Å². The topological polar surface area (TPSA) is 51.2 Å². The van der Waals surface area contributed by atoms with Crippen LogP contribution in [0.3, 0.4) is 0 Å². The maximum Gasteiger partial charge on any atom is 0.328 e. The second kappa shape index (κ2) is 4.81. The van der Waals surface area contributed by atoms with Gasteiger partial charge in [-0.3, -0.25) is 0 Å². The highest BCUT2D eigenvalue weighted by Crippen LogP contribution is 2.10. The number of methoxy groups -OCH3 is 1. The fourth-order valence-corrected chi connectivity index (χ4v) is 1.03. The number of carbonyl (C=O) groups is 1. The van der Waals surface area contributed by atoms with Gasteiger partial charge in [-0.25, -0.2) is 9.78 Å². The number of nitrogens with zero attached hydrogens (tertiary/aromatic N) is 1. The summed E-state index contributed by atoms with van der Waals surface area (Å²) in [6.07, 6.45) is 1.51. The Morgan fingerprint density at radius 2 is 2.36 bits per heavy atom. The van der Waals surface area contributed by atoms with Crippen molar-refractivity contribution in [3.8, 4) is 0 Å². The Labute approximate surface area is 87.2 Å². The fourth-order valence-electron chi connectivity index (χ4n) is 0.919. The Hall–Kier alpha value is -1.29. The third kappa shape index (κ3) is 2.88. The van der Waals surface area contributed by atoms with E-state index in [0.29, 0.717) is 10.8 Å². The summed E-state index contributed by atoms with van der Waals surface area (Å²) in [4.78, 5) is 15.0. The van der Waals surface area contributed by atoms with Gasteiger partial charge in [0.2, 0.25) is 0 Å². The van der Waals surface area contributed by atoms with Crippen LogP contribution in [-0.4, -0.2) is 24.1 Å². The molecule has 5 heteroatoms. The highest BCUT2D eigenvalue weighted by Gasteiger charge is 2.12. The van der Waals surface area contributed by atoms with Crippen molar-refractivity contribution >= 4 is 23.4 Å². The van der Waals surface area contributed by atoms with Crippen molar-refractivity contribution in [2.75, 3.05) is 12.4 Å². The number of rotatable bonds is 3. The smallest absolute Gasteiger partial charge is 0.328 e. The maximum absolute atomic E-state index is 11.0. The number of hydrogen-bond donors (Lipinski definition) is 1. The highest BCUT2D eigenvalue weighted by atomic mass is 35.5. The molecule has 4 nitrogen and oxygen atoms in total.